The van der Waals surface area contributed by atoms with Crippen LogP contribution in [-0.4, -0.2) is 11.4 Å². The van der Waals surface area contributed by atoms with Gasteiger partial charge in [0.25, 0.3) is 0 Å². The topological polar surface area (TPSA) is 52.9 Å². The fourth-order valence-electron chi connectivity index (χ4n) is 6.08. The highest BCUT2D eigenvalue weighted by Gasteiger charge is 2.55. The van der Waals surface area contributed by atoms with Gasteiger partial charge in [0.2, 0.25) is 5.91 Å². The van der Waals surface area contributed by atoms with Gasteiger partial charge in [0.1, 0.15) is 5.41 Å². The Bertz CT molecular complexity index is 448. The first kappa shape index (κ1) is 12.7. The molecule has 0 radical (unpaired) electrons. The molecule has 0 saturated heterocycles. The van der Waals surface area contributed by atoms with Gasteiger partial charge >= 0.3 is 0 Å². The molecular weight excluding hydrogens is 248 g/mol. The predicted molar refractivity (Wildman–Crippen MR) is 75.5 cm³/mol. The molecule has 0 aromatic rings. The number of hydrogen-bond acceptors (Lipinski definition) is 2. The standard InChI is InChI=1S/C17H24N2O/c1-11-5-16(6-11,10-18)15(20)19-17-7-12-2-13(8-17)4-14(3-12)9-17/h11-14H,2-9H2,1H3,(H,19,20). The van der Waals surface area contributed by atoms with Crippen LogP contribution in [0.5, 0.6) is 0 Å². The Labute approximate surface area is 121 Å². The Balaban J connectivity index is 1.52. The van der Waals surface area contributed by atoms with Crippen molar-refractivity contribution in [2.45, 2.75) is 63.8 Å². The Morgan fingerprint density at radius 3 is 1.95 bits per heavy atom. The highest BCUT2D eigenvalue weighted by Crippen LogP contribution is 2.56. The van der Waals surface area contributed by atoms with Gasteiger partial charge in [-0.3, -0.25) is 4.79 Å². The molecule has 5 aliphatic carbocycles. The number of nitrogens with one attached hydrogen (secondary N) is 1. The van der Waals surface area contributed by atoms with Crippen molar-refractivity contribution in [1.82, 2.24) is 5.32 Å². The lowest BCUT2D eigenvalue weighted by Crippen LogP contribution is -2.63. The van der Waals surface area contributed by atoms with Crippen molar-refractivity contribution < 1.29 is 4.79 Å². The van der Waals surface area contributed by atoms with Crippen molar-refractivity contribution >= 4 is 5.91 Å². The van der Waals surface area contributed by atoms with E-state index < -0.39 is 5.41 Å². The maximum Gasteiger partial charge on any atom is 0.240 e. The van der Waals surface area contributed by atoms with E-state index in [4.69, 9.17) is 0 Å². The van der Waals surface area contributed by atoms with Crippen LogP contribution >= 0.6 is 0 Å². The van der Waals surface area contributed by atoms with Crippen LogP contribution in [0.4, 0.5) is 0 Å². The summed E-state index contributed by atoms with van der Waals surface area (Å²) < 4.78 is 0. The van der Waals surface area contributed by atoms with Crippen molar-refractivity contribution in [3.05, 3.63) is 0 Å². The molecule has 3 nitrogen and oxygen atoms in total. The van der Waals surface area contributed by atoms with E-state index in [9.17, 15) is 10.1 Å². The maximum absolute atomic E-state index is 12.7. The monoisotopic (exact) mass is 272 g/mol. The molecule has 1 amide bonds. The number of rotatable bonds is 2. The van der Waals surface area contributed by atoms with Crippen molar-refractivity contribution in [3.8, 4) is 6.07 Å². The number of carbonyl (C=O) groups is 1. The summed E-state index contributed by atoms with van der Waals surface area (Å²) in [7, 11) is 0. The maximum atomic E-state index is 12.7. The van der Waals surface area contributed by atoms with Crippen LogP contribution in [0.2, 0.25) is 0 Å². The molecule has 20 heavy (non-hydrogen) atoms. The molecule has 0 aliphatic heterocycles. The Morgan fingerprint density at radius 2 is 1.55 bits per heavy atom. The molecule has 5 aliphatic rings. The molecule has 4 bridgehead atoms. The molecular formula is C17H24N2O. The minimum Gasteiger partial charge on any atom is -0.349 e. The number of amides is 1. The van der Waals surface area contributed by atoms with Crippen molar-refractivity contribution in [3.63, 3.8) is 0 Å². The summed E-state index contributed by atoms with van der Waals surface area (Å²) in [5, 5.41) is 12.8. The molecule has 0 heterocycles. The quantitative estimate of drug-likeness (QED) is 0.840. The normalized spacial score (nSPS) is 52.2. The second-order valence-corrected chi connectivity index (χ2v) is 8.36. The average Bonchev–Trinajstić information content (AvgIpc) is 2.32. The van der Waals surface area contributed by atoms with E-state index in [1.54, 1.807) is 0 Å². The van der Waals surface area contributed by atoms with Crippen LogP contribution < -0.4 is 5.32 Å². The molecule has 0 aromatic heterocycles. The van der Waals surface area contributed by atoms with Gasteiger partial charge in [0.05, 0.1) is 6.07 Å². The lowest BCUT2D eigenvalue weighted by molar-refractivity contribution is -0.139. The summed E-state index contributed by atoms with van der Waals surface area (Å²) in [6.07, 6.45) is 9.16. The molecule has 1 N–H and O–H groups in total. The summed E-state index contributed by atoms with van der Waals surface area (Å²) in [6.45, 7) is 2.13. The molecule has 5 rings (SSSR count). The number of hydrogen-bond donors (Lipinski definition) is 1. The fraction of sp³-hybridized carbons (Fsp3) is 0.882. The summed E-state index contributed by atoms with van der Waals surface area (Å²) in [5.74, 6) is 3.07. The van der Waals surface area contributed by atoms with Crippen LogP contribution in [0.1, 0.15) is 58.3 Å². The Hall–Kier alpha value is -1.04. The Morgan fingerprint density at radius 1 is 1.05 bits per heavy atom. The fourth-order valence-corrected chi connectivity index (χ4v) is 6.08. The van der Waals surface area contributed by atoms with Gasteiger partial charge in [-0.2, -0.15) is 5.26 Å². The lowest BCUT2D eigenvalue weighted by atomic mass is 9.52. The van der Waals surface area contributed by atoms with Gasteiger partial charge in [-0.1, -0.05) is 6.92 Å². The van der Waals surface area contributed by atoms with Crippen molar-refractivity contribution in [2.75, 3.05) is 0 Å². The van der Waals surface area contributed by atoms with Crippen molar-refractivity contribution in [1.29, 1.82) is 5.26 Å². The zero-order valence-corrected chi connectivity index (χ0v) is 12.3. The number of carbonyl (C=O) groups excluding carboxylic acids is 1. The minimum absolute atomic E-state index is 0.0417. The molecule has 0 aromatic carbocycles. The summed E-state index contributed by atoms with van der Waals surface area (Å²) in [4.78, 5) is 12.7. The molecule has 5 fully saturated rings. The van der Waals surface area contributed by atoms with Crippen molar-refractivity contribution in [2.24, 2.45) is 29.1 Å². The van der Waals surface area contributed by atoms with E-state index in [2.05, 4.69) is 18.3 Å². The van der Waals surface area contributed by atoms with Gasteiger partial charge in [0, 0.05) is 5.54 Å². The van der Waals surface area contributed by atoms with E-state index in [0.29, 0.717) is 5.92 Å². The lowest BCUT2D eigenvalue weighted by Gasteiger charge is -2.57. The van der Waals surface area contributed by atoms with Crippen LogP contribution in [0, 0.1) is 40.4 Å². The van der Waals surface area contributed by atoms with Crippen LogP contribution in [0.25, 0.3) is 0 Å². The van der Waals surface area contributed by atoms with Gasteiger partial charge in [0.15, 0.2) is 0 Å². The zero-order valence-electron chi connectivity index (χ0n) is 12.3. The second kappa shape index (κ2) is 4.00. The first-order valence-electron chi connectivity index (χ1n) is 8.26. The SMILES string of the molecule is CC1CC(C#N)(C(=O)NC23CC4CC(CC(C4)C2)C3)C1. The highest BCUT2D eigenvalue weighted by atomic mass is 16.2. The third-order valence-electron chi connectivity index (χ3n) is 6.46. The zero-order chi connectivity index (χ0) is 14.0. The van der Waals surface area contributed by atoms with Gasteiger partial charge in [-0.15, -0.1) is 0 Å². The third kappa shape index (κ3) is 1.73. The van der Waals surface area contributed by atoms with E-state index >= 15 is 0 Å². The molecule has 0 spiro atoms. The largest absolute Gasteiger partial charge is 0.349 e. The first-order chi connectivity index (χ1) is 9.52. The summed E-state index contributed by atoms with van der Waals surface area (Å²) >= 11 is 0. The van der Waals surface area contributed by atoms with E-state index in [0.717, 1.165) is 30.6 Å². The predicted octanol–water partition coefficient (Wildman–Crippen LogP) is 3.01. The van der Waals surface area contributed by atoms with E-state index in [-0.39, 0.29) is 11.4 Å². The first-order valence-corrected chi connectivity index (χ1v) is 8.26. The molecule has 0 atom stereocenters. The van der Waals surface area contributed by atoms with Crippen LogP contribution in [-0.2, 0) is 4.79 Å². The van der Waals surface area contributed by atoms with E-state index in [1.165, 1.54) is 38.5 Å². The molecule has 0 unspecified atom stereocenters. The van der Waals surface area contributed by atoms with Gasteiger partial charge < -0.3 is 5.32 Å². The third-order valence-corrected chi connectivity index (χ3v) is 6.46. The molecule has 3 heteroatoms. The van der Waals surface area contributed by atoms with Crippen LogP contribution in [0.15, 0.2) is 0 Å². The summed E-state index contributed by atoms with van der Waals surface area (Å²) in [6, 6.07) is 2.32. The average molecular weight is 272 g/mol. The number of nitrogens with zero attached hydrogens (tertiary/aromatic N) is 1. The van der Waals surface area contributed by atoms with Gasteiger partial charge in [-0.25, -0.2) is 0 Å². The molecule has 108 valence electrons. The van der Waals surface area contributed by atoms with Gasteiger partial charge in [-0.05, 0) is 75.0 Å². The minimum atomic E-state index is -0.706. The smallest absolute Gasteiger partial charge is 0.240 e. The number of nitriles is 1. The van der Waals surface area contributed by atoms with Crippen LogP contribution in [0.3, 0.4) is 0 Å². The Kier molecular flexibility index (Phi) is 2.53. The second-order valence-electron chi connectivity index (χ2n) is 8.36. The van der Waals surface area contributed by atoms with E-state index in [1.807, 2.05) is 0 Å². The molecule has 5 saturated carbocycles. The summed E-state index contributed by atoms with van der Waals surface area (Å²) in [5.41, 5.74) is -0.655. The highest BCUT2D eigenvalue weighted by molar-refractivity contribution is 5.87.